The zero-order valence-electron chi connectivity index (χ0n) is 27.4. The highest BCUT2D eigenvalue weighted by Crippen LogP contribution is 2.40. The summed E-state index contributed by atoms with van der Waals surface area (Å²) in [5, 5.41) is 5.61. The molecular formula is C31H55N3O7Si. The molecule has 1 saturated heterocycles. The normalized spacial score (nSPS) is 20.8. The van der Waals surface area contributed by atoms with E-state index in [1.165, 1.54) is 4.90 Å². The third-order valence-corrected chi connectivity index (χ3v) is 12.8. The van der Waals surface area contributed by atoms with Gasteiger partial charge in [0.25, 0.3) is 0 Å². The third-order valence-electron chi connectivity index (χ3n) is 8.28. The van der Waals surface area contributed by atoms with Crippen molar-refractivity contribution in [2.75, 3.05) is 13.2 Å². The van der Waals surface area contributed by atoms with Crippen LogP contribution in [0.2, 0.25) is 18.1 Å². The molecule has 42 heavy (non-hydrogen) atoms. The molecule has 2 fully saturated rings. The molecule has 10 nitrogen and oxygen atoms in total. The molecule has 1 aliphatic heterocycles. The van der Waals surface area contributed by atoms with Crippen molar-refractivity contribution < 1.29 is 33.1 Å². The average Bonchev–Trinajstić information content (AvgIpc) is 3.51. The molecule has 3 atom stereocenters. The van der Waals surface area contributed by atoms with Crippen LogP contribution in [0.25, 0.3) is 0 Å². The van der Waals surface area contributed by atoms with Crippen LogP contribution in [-0.2, 0) is 28.3 Å². The Morgan fingerprint density at radius 3 is 2.24 bits per heavy atom. The van der Waals surface area contributed by atoms with Crippen LogP contribution in [0.4, 0.5) is 4.79 Å². The molecule has 2 rings (SSSR count). The number of allylic oxidation sites excluding steroid dienone is 1. The number of nitrogens with one attached hydrogen (secondary N) is 2. The monoisotopic (exact) mass is 609 g/mol. The molecule has 2 aliphatic rings. The first-order valence-electron chi connectivity index (χ1n) is 15.4. The van der Waals surface area contributed by atoms with Gasteiger partial charge in [0, 0.05) is 13.0 Å². The van der Waals surface area contributed by atoms with Crippen molar-refractivity contribution >= 4 is 32.2 Å². The highest BCUT2D eigenvalue weighted by atomic mass is 28.4. The molecule has 0 bridgehead atoms. The first-order valence-corrected chi connectivity index (χ1v) is 18.3. The lowest BCUT2D eigenvalue weighted by molar-refractivity contribution is -0.149. The number of amides is 3. The predicted octanol–water partition coefficient (Wildman–Crippen LogP) is 5.22. The quantitative estimate of drug-likeness (QED) is 0.120. The van der Waals surface area contributed by atoms with Crippen molar-refractivity contribution in [2.45, 2.75) is 147 Å². The minimum atomic E-state index is -2.22. The van der Waals surface area contributed by atoms with Crippen LogP contribution in [0.1, 0.15) is 99.8 Å². The summed E-state index contributed by atoms with van der Waals surface area (Å²) >= 11 is 0. The van der Waals surface area contributed by atoms with Gasteiger partial charge in [-0.15, -0.1) is 6.58 Å². The summed E-state index contributed by atoms with van der Waals surface area (Å²) in [6.45, 7) is 21.9. The van der Waals surface area contributed by atoms with E-state index in [1.54, 1.807) is 27.7 Å². The Kier molecular flexibility index (Phi) is 12.3. The summed E-state index contributed by atoms with van der Waals surface area (Å²) in [6.07, 6.45) is 5.92. The van der Waals surface area contributed by atoms with Gasteiger partial charge in [-0.1, -0.05) is 39.7 Å². The summed E-state index contributed by atoms with van der Waals surface area (Å²) in [4.78, 5) is 54.7. The van der Waals surface area contributed by atoms with E-state index in [2.05, 4.69) is 51.1 Å². The fraction of sp³-hybridized carbons (Fsp3) is 0.806. The zero-order chi connectivity index (χ0) is 31.9. The molecule has 1 aliphatic carbocycles. The second-order valence-corrected chi connectivity index (χ2v) is 18.9. The van der Waals surface area contributed by atoms with Gasteiger partial charge in [0.1, 0.15) is 23.2 Å². The summed E-state index contributed by atoms with van der Waals surface area (Å²) < 4.78 is 17.3. The average molecular weight is 610 g/mol. The van der Waals surface area contributed by atoms with Crippen molar-refractivity contribution in [3.05, 3.63) is 12.7 Å². The molecule has 3 amide bonds. The largest absolute Gasteiger partial charge is 0.464 e. The Hall–Kier alpha value is -2.40. The zero-order valence-corrected chi connectivity index (χ0v) is 28.4. The van der Waals surface area contributed by atoms with Crippen LogP contribution in [0.15, 0.2) is 12.7 Å². The number of esters is 1. The van der Waals surface area contributed by atoms with Crippen LogP contribution < -0.4 is 10.6 Å². The van der Waals surface area contributed by atoms with Crippen molar-refractivity contribution in [1.82, 2.24) is 15.5 Å². The SMILES string of the molecule is C=CCCCCC[C@H](NC(=O)OC(C)(C)C)C(=O)N1C[C@H](O[Si](C)(C)C(C)(C)C)C[C@H]1C(=O)NC1(C(=O)OCC)CC1. The Morgan fingerprint density at radius 1 is 1.07 bits per heavy atom. The fourth-order valence-corrected chi connectivity index (χ4v) is 6.14. The molecule has 240 valence electrons. The lowest BCUT2D eigenvalue weighted by Gasteiger charge is -2.38. The lowest BCUT2D eigenvalue weighted by Crippen LogP contribution is -2.56. The second kappa shape index (κ2) is 14.4. The van der Waals surface area contributed by atoms with Gasteiger partial charge < -0.3 is 29.4 Å². The molecule has 1 heterocycles. The first kappa shape index (κ1) is 35.8. The van der Waals surface area contributed by atoms with Gasteiger partial charge in [0.05, 0.1) is 12.7 Å². The van der Waals surface area contributed by atoms with E-state index >= 15 is 0 Å². The summed E-state index contributed by atoms with van der Waals surface area (Å²) in [6, 6.07) is -1.71. The van der Waals surface area contributed by atoms with Crippen LogP contribution in [0, 0.1) is 0 Å². The molecule has 0 unspecified atom stereocenters. The van der Waals surface area contributed by atoms with Crippen LogP contribution in [0.3, 0.4) is 0 Å². The molecule has 2 N–H and O–H groups in total. The number of unbranched alkanes of at least 4 members (excludes halogenated alkanes) is 3. The van der Waals surface area contributed by atoms with Crippen molar-refractivity contribution in [2.24, 2.45) is 0 Å². The summed E-state index contributed by atoms with van der Waals surface area (Å²) in [5.74, 6) is -1.21. The maximum atomic E-state index is 14.1. The Balaban J connectivity index is 2.32. The number of hydrogen-bond acceptors (Lipinski definition) is 7. The van der Waals surface area contributed by atoms with E-state index < -0.39 is 49.5 Å². The van der Waals surface area contributed by atoms with Gasteiger partial charge in [-0.05, 0) is 77.9 Å². The molecule has 0 radical (unpaired) electrons. The minimum absolute atomic E-state index is 0.0591. The number of alkyl carbamates (subject to hydrolysis) is 1. The number of ether oxygens (including phenoxy) is 2. The van der Waals surface area contributed by atoms with Gasteiger partial charge in [-0.3, -0.25) is 9.59 Å². The molecule has 0 aromatic carbocycles. The van der Waals surface area contributed by atoms with Gasteiger partial charge in [-0.25, -0.2) is 9.59 Å². The number of rotatable bonds is 14. The van der Waals surface area contributed by atoms with Crippen LogP contribution in [-0.4, -0.2) is 79.6 Å². The van der Waals surface area contributed by atoms with E-state index in [9.17, 15) is 19.2 Å². The maximum Gasteiger partial charge on any atom is 0.408 e. The maximum absolute atomic E-state index is 14.1. The van der Waals surface area contributed by atoms with E-state index in [0.717, 1.165) is 19.3 Å². The van der Waals surface area contributed by atoms with Crippen molar-refractivity contribution in [3.8, 4) is 0 Å². The molecule has 0 aromatic rings. The number of nitrogens with zero attached hydrogens (tertiary/aromatic N) is 1. The molecular weight excluding hydrogens is 554 g/mol. The van der Waals surface area contributed by atoms with Gasteiger partial charge in [-0.2, -0.15) is 0 Å². The van der Waals surface area contributed by atoms with E-state index in [0.29, 0.717) is 32.1 Å². The van der Waals surface area contributed by atoms with Crippen LogP contribution in [0.5, 0.6) is 0 Å². The lowest BCUT2D eigenvalue weighted by atomic mass is 10.0. The Bertz CT molecular complexity index is 982. The fourth-order valence-electron chi connectivity index (χ4n) is 4.78. The smallest absolute Gasteiger partial charge is 0.408 e. The predicted molar refractivity (Wildman–Crippen MR) is 165 cm³/mol. The number of hydrogen-bond donors (Lipinski definition) is 2. The first-order chi connectivity index (χ1) is 19.4. The van der Waals surface area contributed by atoms with Crippen molar-refractivity contribution in [1.29, 1.82) is 0 Å². The van der Waals surface area contributed by atoms with Crippen LogP contribution >= 0.6 is 0 Å². The molecule has 0 spiro atoms. The van der Waals surface area contributed by atoms with E-state index in [1.807, 2.05) is 6.08 Å². The highest BCUT2D eigenvalue weighted by molar-refractivity contribution is 6.74. The number of carbonyl (C=O) groups is 4. The Labute approximate surface area is 253 Å². The summed E-state index contributed by atoms with van der Waals surface area (Å²) in [7, 11) is -2.22. The molecule has 0 aromatic heterocycles. The van der Waals surface area contributed by atoms with Gasteiger partial charge in [0.2, 0.25) is 11.8 Å². The minimum Gasteiger partial charge on any atom is -0.464 e. The highest BCUT2D eigenvalue weighted by Gasteiger charge is 2.55. The van der Waals surface area contributed by atoms with E-state index in [4.69, 9.17) is 13.9 Å². The third kappa shape index (κ3) is 10.1. The van der Waals surface area contributed by atoms with Gasteiger partial charge in [0.15, 0.2) is 8.32 Å². The number of carbonyl (C=O) groups excluding carboxylic acids is 4. The second-order valence-electron chi connectivity index (χ2n) is 14.2. The Morgan fingerprint density at radius 2 is 1.71 bits per heavy atom. The van der Waals surface area contributed by atoms with E-state index in [-0.39, 0.29) is 30.2 Å². The summed E-state index contributed by atoms with van der Waals surface area (Å²) in [5.41, 5.74) is -1.77. The molecule has 11 heteroatoms. The molecule has 1 saturated carbocycles. The topological polar surface area (TPSA) is 123 Å². The number of likely N-dealkylation sites (tertiary alicyclic amines) is 1. The van der Waals surface area contributed by atoms with Gasteiger partial charge >= 0.3 is 12.1 Å². The van der Waals surface area contributed by atoms with Crippen molar-refractivity contribution in [3.63, 3.8) is 0 Å². The standard InChI is InChI=1S/C31H55N3O7Si/c1-11-13-14-15-16-17-23(32-28(38)40-29(3,4)5)26(36)34-21-22(41-42(9,10)30(6,7)8)20-24(34)25(35)33-31(18-19-31)27(37)39-12-2/h11,22-24H,1,12-21H2,2-10H3,(H,32,38)(H,33,35)/t22-,23+,24+/m1/s1.